The van der Waals surface area contributed by atoms with Crippen molar-refractivity contribution >= 4 is 0 Å². The minimum Gasteiger partial charge on any atom is -0.493 e. The van der Waals surface area contributed by atoms with Gasteiger partial charge in [0.1, 0.15) is 5.75 Å². The fraction of sp³-hybridized carbons (Fsp3) is 0.389. The molecule has 1 aromatic heterocycles. The van der Waals surface area contributed by atoms with Gasteiger partial charge in [0, 0.05) is 18.0 Å². The van der Waals surface area contributed by atoms with Gasteiger partial charge in [-0.3, -0.25) is 4.98 Å². The van der Waals surface area contributed by atoms with E-state index in [1.54, 1.807) is 0 Å². The molecule has 0 fully saturated rings. The van der Waals surface area contributed by atoms with E-state index in [1.807, 2.05) is 31.6 Å². The lowest BCUT2D eigenvalue weighted by Gasteiger charge is -2.22. The van der Waals surface area contributed by atoms with Crippen molar-refractivity contribution < 1.29 is 4.74 Å². The number of aryl methyl sites for hydroxylation is 1. The molecule has 0 bridgehead atoms. The summed E-state index contributed by atoms with van der Waals surface area (Å²) >= 11 is 0. The normalized spacial score (nSPS) is 12.1. The summed E-state index contributed by atoms with van der Waals surface area (Å²) in [5.74, 6) is 0.956. The first kappa shape index (κ1) is 15.5. The molecule has 0 radical (unpaired) electrons. The molecule has 1 atom stereocenters. The molecule has 0 aliphatic rings. The van der Waals surface area contributed by atoms with Crippen LogP contribution >= 0.6 is 0 Å². The van der Waals surface area contributed by atoms with Gasteiger partial charge < -0.3 is 10.1 Å². The van der Waals surface area contributed by atoms with Gasteiger partial charge in [-0.2, -0.15) is 0 Å². The standard InChI is InChI=1S/C18H24N2O/c1-4-12-21-17-9-7-6-8-16(17)18(19-3)15-10-11-20-13-14(15)5-2/h6-11,13,18-19H,4-5,12H2,1-3H3. The molecule has 3 nitrogen and oxygen atoms in total. The first-order valence-electron chi connectivity index (χ1n) is 7.63. The fourth-order valence-electron chi connectivity index (χ4n) is 2.56. The van der Waals surface area contributed by atoms with Gasteiger partial charge in [-0.25, -0.2) is 0 Å². The second kappa shape index (κ2) is 7.79. The first-order chi connectivity index (χ1) is 10.3. The van der Waals surface area contributed by atoms with Crippen LogP contribution in [0.5, 0.6) is 5.75 Å². The number of pyridine rings is 1. The minimum atomic E-state index is 0.121. The SMILES string of the molecule is CCCOc1ccccc1C(NC)c1ccncc1CC. The summed E-state index contributed by atoms with van der Waals surface area (Å²) in [6, 6.07) is 10.5. The van der Waals surface area contributed by atoms with Crippen molar-refractivity contribution in [1.82, 2.24) is 10.3 Å². The van der Waals surface area contributed by atoms with E-state index < -0.39 is 0 Å². The van der Waals surface area contributed by atoms with Gasteiger partial charge >= 0.3 is 0 Å². The van der Waals surface area contributed by atoms with Crippen molar-refractivity contribution in [3.63, 3.8) is 0 Å². The van der Waals surface area contributed by atoms with Gasteiger partial charge in [0.05, 0.1) is 12.6 Å². The Morgan fingerprint density at radius 1 is 1.14 bits per heavy atom. The summed E-state index contributed by atoms with van der Waals surface area (Å²) in [5.41, 5.74) is 3.71. The molecule has 0 aliphatic heterocycles. The maximum atomic E-state index is 5.91. The molecule has 3 heteroatoms. The molecular formula is C18H24N2O. The number of hydrogen-bond acceptors (Lipinski definition) is 3. The third-order valence-electron chi connectivity index (χ3n) is 3.61. The van der Waals surface area contributed by atoms with E-state index in [-0.39, 0.29) is 6.04 Å². The zero-order valence-electron chi connectivity index (χ0n) is 13.1. The van der Waals surface area contributed by atoms with Crippen molar-refractivity contribution in [1.29, 1.82) is 0 Å². The topological polar surface area (TPSA) is 34.1 Å². The molecule has 0 aliphatic carbocycles. The van der Waals surface area contributed by atoms with E-state index in [4.69, 9.17) is 4.74 Å². The van der Waals surface area contributed by atoms with E-state index in [1.165, 1.54) is 16.7 Å². The molecule has 0 spiro atoms. The lowest BCUT2D eigenvalue weighted by Crippen LogP contribution is -2.20. The largest absolute Gasteiger partial charge is 0.493 e. The molecule has 0 amide bonds. The number of aromatic nitrogens is 1. The number of hydrogen-bond donors (Lipinski definition) is 1. The molecule has 2 aromatic rings. The molecular weight excluding hydrogens is 260 g/mol. The maximum Gasteiger partial charge on any atom is 0.124 e. The number of nitrogens with zero attached hydrogens (tertiary/aromatic N) is 1. The summed E-state index contributed by atoms with van der Waals surface area (Å²) in [7, 11) is 1.99. The Morgan fingerprint density at radius 2 is 1.95 bits per heavy atom. The van der Waals surface area contributed by atoms with Crippen LogP contribution in [0.15, 0.2) is 42.7 Å². The van der Waals surface area contributed by atoms with Gasteiger partial charge in [0.15, 0.2) is 0 Å². The van der Waals surface area contributed by atoms with Crippen LogP contribution in [0, 0.1) is 0 Å². The quantitative estimate of drug-likeness (QED) is 0.841. The highest BCUT2D eigenvalue weighted by atomic mass is 16.5. The molecule has 21 heavy (non-hydrogen) atoms. The van der Waals surface area contributed by atoms with Crippen LogP contribution in [-0.4, -0.2) is 18.6 Å². The van der Waals surface area contributed by atoms with E-state index in [0.29, 0.717) is 0 Å². The van der Waals surface area contributed by atoms with Gasteiger partial charge in [-0.05, 0) is 43.1 Å². The third-order valence-corrected chi connectivity index (χ3v) is 3.61. The molecule has 1 N–H and O–H groups in total. The molecule has 1 aromatic carbocycles. The Hall–Kier alpha value is -1.87. The number of nitrogens with one attached hydrogen (secondary N) is 1. The van der Waals surface area contributed by atoms with E-state index in [9.17, 15) is 0 Å². The molecule has 0 saturated heterocycles. The van der Waals surface area contributed by atoms with Crippen LogP contribution in [-0.2, 0) is 6.42 Å². The van der Waals surface area contributed by atoms with Gasteiger partial charge in [0.2, 0.25) is 0 Å². The fourth-order valence-corrected chi connectivity index (χ4v) is 2.56. The highest BCUT2D eigenvalue weighted by Crippen LogP contribution is 2.31. The summed E-state index contributed by atoms with van der Waals surface area (Å²) in [5, 5.41) is 3.42. The van der Waals surface area contributed by atoms with Crippen LogP contribution in [0.25, 0.3) is 0 Å². The highest BCUT2D eigenvalue weighted by molar-refractivity contribution is 5.43. The predicted molar refractivity (Wildman–Crippen MR) is 86.7 cm³/mol. The predicted octanol–water partition coefficient (Wildman–Crippen LogP) is 3.74. The molecule has 1 unspecified atom stereocenters. The summed E-state index contributed by atoms with van der Waals surface area (Å²) in [6.07, 6.45) is 5.79. The monoisotopic (exact) mass is 284 g/mol. The molecule has 2 rings (SSSR count). The summed E-state index contributed by atoms with van der Waals surface area (Å²) in [4.78, 5) is 4.24. The Kier molecular flexibility index (Phi) is 5.76. The molecule has 0 saturated carbocycles. The van der Waals surface area contributed by atoms with Crippen molar-refractivity contribution in [2.24, 2.45) is 0 Å². The molecule has 112 valence electrons. The van der Waals surface area contributed by atoms with Crippen LogP contribution in [0.4, 0.5) is 0 Å². The number of benzene rings is 1. The zero-order valence-corrected chi connectivity index (χ0v) is 13.1. The first-order valence-corrected chi connectivity index (χ1v) is 7.63. The Balaban J connectivity index is 2.41. The van der Waals surface area contributed by atoms with Crippen molar-refractivity contribution in [3.8, 4) is 5.75 Å². The maximum absolute atomic E-state index is 5.91. The zero-order chi connectivity index (χ0) is 15.1. The third kappa shape index (κ3) is 3.61. The number of ether oxygens (including phenoxy) is 1. The number of rotatable bonds is 7. The second-order valence-electron chi connectivity index (χ2n) is 5.04. The average molecular weight is 284 g/mol. The second-order valence-corrected chi connectivity index (χ2v) is 5.04. The lowest BCUT2D eigenvalue weighted by atomic mass is 9.94. The van der Waals surface area contributed by atoms with Crippen LogP contribution in [0.1, 0.15) is 43.0 Å². The van der Waals surface area contributed by atoms with E-state index >= 15 is 0 Å². The smallest absolute Gasteiger partial charge is 0.124 e. The van der Waals surface area contributed by atoms with Crippen molar-refractivity contribution in [2.75, 3.05) is 13.7 Å². The van der Waals surface area contributed by atoms with Gasteiger partial charge in [0.25, 0.3) is 0 Å². The van der Waals surface area contributed by atoms with E-state index in [0.717, 1.165) is 25.2 Å². The Labute approximate surface area is 127 Å². The molecule has 1 heterocycles. The van der Waals surface area contributed by atoms with Gasteiger partial charge in [-0.1, -0.05) is 32.0 Å². The van der Waals surface area contributed by atoms with Crippen LogP contribution in [0.2, 0.25) is 0 Å². The van der Waals surface area contributed by atoms with Crippen LogP contribution < -0.4 is 10.1 Å². The summed E-state index contributed by atoms with van der Waals surface area (Å²) < 4.78 is 5.91. The average Bonchev–Trinajstić information content (AvgIpc) is 2.55. The summed E-state index contributed by atoms with van der Waals surface area (Å²) in [6.45, 7) is 5.02. The Morgan fingerprint density at radius 3 is 2.67 bits per heavy atom. The highest BCUT2D eigenvalue weighted by Gasteiger charge is 2.18. The lowest BCUT2D eigenvalue weighted by molar-refractivity contribution is 0.312. The van der Waals surface area contributed by atoms with Crippen molar-refractivity contribution in [2.45, 2.75) is 32.7 Å². The number of para-hydroxylation sites is 1. The van der Waals surface area contributed by atoms with Crippen LogP contribution in [0.3, 0.4) is 0 Å². The van der Waals surface area contributed by atoms with E-state index in [2.05, 4.69) is 42.3 Å². The van der Waals surface area contributed by atoms with Crippen molar-refractivity contribution in [3.05, 3.63) is 59.4 Å². The minimum absolute atomic E-state index is 0.121. The Bertz CT molecular complexity index is 569. The van der Waals surface area contributed by atoms with Gasteiger partial charge in [-0.15, -0.1) is 0 Å².